The van der Waals surface area contributed by atoms with Crippen molar-refractivity contribution in [3.05, 3.63) is 86.3 Å². The molecule has 8 heteroatoms. The number of carbonyl (C=O) groups is 1. The molecule has 31 heavy (non-hydrogen) atoms. The van der Waals surface area contributed by atoms with Gasteiger partial charge in [0.15, 0.2) is 0 Å². The first-order valence-electron chi connectivity index (χ1n) is 10.2. The maximum atomic E-state index is 12.6. The van der Waals surface area contributed by atoms with Gasteiger partial charge in [0.1, 0.15) is 5.02 Å². The van der Waals surface area contributed by atoms with E-state index >= 15 is 0 Å². The van der Waals surface area contributed by atoms with E-state index in [2.05, 4.69) is 10.4 Å². The maximum absolute atomic E-state index is 12.6. The zero-order chi connectivity index (χ0) is 21.8. The van der Waals surface area contributed by atoms with Gasteiger partial charge in [-0.05, 0) is 61.2 Å². The lowest BCUT2D eigenvalue weighted by Crippen LogP contribution is -2.35. The second-order valence-electron chi connectivity index (χ2n) is 7.47. The predicted octanol–water partition coefficient (Wildman–Crippen LogP) is 4.78. The molecule has 160 valence electrons. The van der Waals surface area contributed by atoms with Gasteiger partial charge in [-0.25, -0.2) is 0 Å². The summed E-state index contributed by atoms with van der Waals surface area (Å²) in [5.41, 5.74) is 2.27. The van der Waals surface area contributed by atoms with Crippen LogP contribution in [0, 0.1) is 0 Å². The Morgan fingerprint density at radius 2 is 1.65 bits per heavy atom. The number of hydrogen-bond acceptors (Lipinski definition) is 4. The summed E-state index contributed by atoms with van der Waals surface area (Å²) in [5, 5.41) is 7.98. The first-order chi connectivity index (χ1) is 15.0. The predicted molar refractivity (Wildman–Crippen MR) is 123 cm³/mol. The summed E-state index contributed by atoms with van der Waals surface area (Å²) in [6, 6.07) is 14.3. The van der Waals surface area contributed by atoms with Crippen LogP contribution >= 0.6 is 23.2 Å². The maximum Gasteiger partial charge on any atom is 0.292 e. The van der Waals surface area contributed by atoms with Crippen LogP contribution in [-0.4, -0.2) is 33.7 Å². The molecule has 1 amide bonds. The Morgan fingerprint density at radius 3 is 2.32 bits per heavy atom. The van der Waals surface area contributed by atoms with Crippen LogP contribution in [-0.2, 0) is 6.54 Å². The Bertz CT molecular complexity index is 1120. The fourth-order valence-corrected chi connectivity index (χ4v) is 3.89. The van der Waals surface area contributed by atoms with Gasteiger partial charge < -0.3 is 10.2 Å². The number of rotatable bonds is 5. The van der Waals surface area contributed by atoms with Crippen LogP contribution in [0.1, 0.15) is 35.2 Å². The molecule has 1 N–H and O–H groups in total. The monoisotopic (exact) mass is 456 g/mol. The average molecular weight is 457 g/mol. The minimum absolute atomic E-state index is 0.0573. The van der Waals surface area contributed by atoms with E-state index in [0.29, 0.717) is 28.5 Å². The Labute approximate surface area is 190 Å². The van der Waals surface area contributed by atoms with Gasteiger partial charge in [0, 0.05) is 30.2 Å². The van der Waals surface area contributed by atoms with Crippen LogP contribution in [0.25, 0.3) is 5.69 Å². The molecule has 4 rings (SSSR count). The Morgan fingerprint density at radius 1 is 0.968 bits per heavy atom. The highest BCUT2D eigenvalue weighted by Crippen LogP contribution is 2.19. The topological polar surface area (TPSA) is 67.2 Å². The van der Waals surface area contributed by atoms with E-state index in [0.717, 1.165) is 31.5 Å². The molecule has 0 unspecified atom stereocenters. The molecular weight excluding hydrogens is 435 g/mol. The summed E-state index contributed by atoms with van der Waals surface area (Å²) < 4.78 is 1.23. The largest absolute Gasteiger partial charge is 0.378 e. The van der Waals surface area contributed by atoms with E-state index in [1.165, 1.54) is 17.3 Å². The Hall–Kier alpha value is -2.83. The number of aromatic nitrogens is 2. The second kappa shape index (κ2) is 9.54. The molecule has 6 nitrogen and oxygen atoms in total. The van der Waals surface area contributed by atoms with E-state index < -0.39 is 5.56 Å². The summed E-state index contributed by atoms with van der Waals surface area (Å²) in [5.74, 6) is 0.0808. The Kier molecular flexibility index (Phi) is 6.59. The fraction of sp³-hybridized carbons (Fsp3) is 0.261. The number of anilines is 1. The smallest absolute Gasteiger partial charge is 0.292 e. The number of piperidine rings is 1. The lowest BCUT2D eigenvalue weighted by molar-refractivity contribution is 0.0724. The number of halogens is 2. The van der Waals surface area contributed by atoms with E-state index in [1.807, 2.05) is 29.2 Å². The molecule has 3 aromatic rings. The van der Waals surface area contributed by atoms with Crippen LogP contribution in [0.5, 0.6) is 0 Å². The van der Waals surface area contributed by atoms with E-state index in [1.54, 1.807) is 24.3 Å². The molecule has 0 saturated carbocycles. The summed E-state index contributed by atoms with van der Waals surface area (Å²) >= 11 is 12.2. The minimum Gasteiger partial charge on any atom is -0.378 e. The molecule has 2 heterocycles. The van der Waals surface area contributed by atoms with E-state index in [-0.39, 0.29) is 10.9 Å². The summed E-state index contributed by atoms with van der Waals surface area (Å²) in [7, 11) is 0. The molecular formula is C23H22Cl2N4O2. The van der Waals surface area contributed by atoms with Crippen molar-refractivity contribution in [3.63, 3.8) is 0 Å². The molecule has 1 saturated heterocycles. The lowest BCUT2D eigenvalue weighted by atomic mass is 10.1. The SMILES string of the molecule is O=C(c1ccc(CNc2cnn(-c3ccc(Cl)cc3)c(=O)c2Cl)cc1)N1CCCCC1. The zero-order valence-electron chi connectivity index (χ0n) is 16.9. The Balaban J connectivity index is 1.43. The van der Waals surface area contributed by atoms with Crippen molar-refractivity contribution in [1.82, 2.24) is 14.7 Å². The molecule has 1 aliphatic heterocycles. The highest BCUT2D eigenvalue weighted by molar-refractivity contribution is 6.33. The number of carbonyl (C=O) groups excluding carboxylic acids is 1. The van der Waals surface area contributed by atoms with Gasteiger partial charge in [0.2, 0.25) is 0 Å². The van der Waals surface area contributed by atoms with Crippen molar-refractivity contribution in [3.8, 4) is 5.69 Å². The van der Waals surface area contributed by atoms with Crippen molar-refractivity contribution >= 4 is 34.8 Å². The highest BCUT2D eigenvalue weighted by Gasteiger charge is 2.18. The summed E-state index contributed by atoms with van der Waals surface area (Å²) in [4.78, 5) is 27.1. The van der Waals surface area contributed by atoms with Crippen LogP contribution in [0.15, 0.2) is 59.5 Å². The van der Waals surface area contributed by atoms with Gasteiger partial charge in [-0.2, -0.15) is 9.78 Å². The second-order valence-corrected chi connectivity index (χ2v) is 8.28. The molecule has 1 fully saturated rings. The first-order valence-corrected chi connectivity index (χ1v) is 10.9. The van der Waals surface area contributed by atoms with Gasteiger partial charge in [0.05, 0.1) is 17.6 Å². The number of hydrogen-bond donors (Lipinski definition) is 1. The molecule has 0 aliphatic carbocycles. The van der Waals surface area contributed by atoms with Crippen LogP contribution in [0.4, 0.5) is 5.69 Å². The minimum atomic E-state index is -0.420. The van der Waals surface area contributed by atoms with Gasteiger partial charge in [-0.15, -0.1) is 0 Å². The van der Waals surface area contributed by atoms with Crippen LogP contribution in [0.3, 0.4) is 0 Å². The quantitative estimate of drug-likeness (QED) is 0.599. The third kappa shape index (κ3) is 4.92. The molecule has 0 spiro atoms. The van der Waals surface area contributed by atoms with E-state index in [4.69, 9.17) is 23.2 Å². The number of benzene rings is 2. The molecule has 0 atom stereocenters. The molecule has 1 aliphatic rings. The first kappa shape index (κ1) is 21.4. The normalized spacial score (nSPS) is 13.8. The van der Waals surface area contributed by atoms with Crippen LogP contribution in [0.2, 0.25) is 10.0 Å². The third-order valence-corrected chi connectivity index (χ3v) is 5.93. The van der Waals surface area contributed by atoms with Crippen molar-refractivity contribution in [2.45, 2.75) is 25.8 Å². The van der Waals surface area contributed by atoms with E-state index in [9.17, 15) is 9.59 Å². The summed E-state index contributed by atoms with van der Waals surface area (Å²) in [6.07, 6.45) is 4.85. The number of amides is 1. The molecule has 1 aromatic heterocycles. The summed E-state index contributed by atoms with van der Waals surface area (Å²) in [6.45, 7) is 2.11. The van der Waals surface area contributed by atoms with Crippen molar-refractivity contribution < 1.29 is 4.79 Å². The van der Waals surface area contributed by atoms with Gasteiger partial charge in [0.25, 0.3) is 11.5 Å². The third-order valence-electron chi connectivity index (χ3n) is 5.32. The van der Waals surface area contributed by atoms with Crippen LogP contribution < -0.4 is 10.9 Å². The highest BCUT2D eigenvalue weighted by atomic mass is 35.5. The van der Waals surface area contributed by atoms with Gasteiger partial charge in [-0.3, -0.25) is 9.59 Å². The van der Waals surface area contributed by atoms with Gasteiger partial charge >= 0.3 is 0 Å². The lowest BCUT2D eigenvalue weighted by Gasteiger charge is -2.26. The molecule has 0 bridgehead atoms. The van der Waals surface area contributed by atoms with Crippen molar-refractivity contribution in [2.24, 2.45) is 0 Å². The zero-order valence-corrected chi connectivity index (χ0v) is 18.4. The number of nitrogens with one attached hydrogen (secondary N) is 1. The fourth-order valence-electron chi connectivity index (χ4n) is 3.56. The van der Waals surface area contributed by atoms with Crippen molar-refractivity contribution in [2.75, 3.05) is 18.4 Å². The average Bonchev–Trinajstić information content (AvgIpc) is 2.81. The van der Waals surface area contributed by atoms with Crippen molar-refractivity contribution in [1.29, 1.82) is 0 Å². The molecule has 2 aromatic carbocycles. The molecule has 0 radical (unpaired) electrons. The number of nitrogens with zero attached hydrogens (tertiary/aromatic N) is 3. The number of likely N-dealkylation sites (tertiary alicyclic amines) is 1. The standard InChI is InChI=1S/C23H22Cl2N4O2/c24-18-8-10-19(11-9-18)29-23(31)21(25)20(15-27-29)26-14-16-4-6-17(7-5-16)22(30)28-12-2-1-3-13-28/h4-11,15,26H,1-3,12-14H2. The van der Waals surface area contributed by atoms with Gasteiger partial charge in [-0.1, -0.05) is 35.3 Å².